The maximum absolute atomic E-state index is 10.9. The lowest BCUT2D eigenvalue weighted by Gasteiger charge is -2.19. The number of carbonyl (C=O) groups is 1. The van der Waals surface area contributed by atoms with Crippen LogP contribution in [0, 0.1) is 6.92 Å². The normalized spacial score (nSPS) is 10.9. The summed E-state index contributed by atoms with van der Waals surface area (Å²) in [6, 6.07) is 6.15. The molecule has 3 heteroatoms. The van der Waals surface area contributed by atoms with Crippen molar-refractivity contribution < 1.29 is 4.79 Å². The molecule has 0 bridgehead atoms. The fraction of sp³-hybridized carbons (Fsp3) is 0.600. The molecule has 3 nitrogen and oxygen atoms in total. The van der Waals surface area contributed by atoms with Gasteiger partial charge in [0.2, 0.25) is 0 Å². The first-order chi connectivity index (χ1) is 8.61. The highest BCUT2D eigenvalue weighted by Gasteiger charge is 2.05. The number of hydrogen-bond donors (Lipinski definition) is 0. The first-order valence-corrected chi connectivity index (χ1v) is 6.76. The van der Waals surface area contributed by atoms with Crippen molar-refractivity contribution >= 4 is 5.78 Å². The predicted molar refractivity (Wildman–Crippen MR) is 74.5 cm³/mol. The lowest BCUT2D eigenvalue weighted by atomic mass is 10.2. The molecule has 0 aliphatic heterocycles. The molecule has 0 atom stereocenters. The van der Waals surface area contributed by atoms with Gasteiger partial charge in [-0.25, -0.2) is 0 Å². The van der Waals surface area contributed by atoms with Crippen molar-refractivity contribution in [2.45, 2.75) is 46.6 Å². The zero-order chi connectivity index (χ0) is 13.4. The number of aryl methyl sites for hydroxylation is 1. The summed E-state index contributed by atoms with van der Waals surface area (Å²) in [5.41, 5.74) is 2.20. The summed E-state index contributed by atoms with van der Waals surface area (Å²) < 4.78 is 0. The van der Waals surface area contributed by atoms with Gasteiger partial charge < -0.3 is 4.79 Å². The molecule has 0 amide bonds. The van der Waals surface area contributed by atoms with E-state index in [-0.39, 0.29) is 0 Å². The second-order valence-corrected chi connectivity index (χ2v) is 4.80. The predicted octanol–water partition coefficient (Wildman–Crippen LogP) is 2.97. The van der Waals surface area contributed by atoms with E-state index in [0.29, 0.717) is 12.2 Å². The topological polar surface area (TPSA) is 33.2 Å². The Morgan fingerprint density at radius 1 is 1.33 bits per heavy atom. The molecule has 18 heavy (non-hydrogen) atoms. The first kappa shape index (κ1) is 14.8. The van der Waals surface area contributed by atoms with Gasteiger partial charge in [-0.1, -0.05) is 13.0 Å². The van der Waals surface area contributed by atoms with E-state index in [9.17, 15) is 4.79 Å². The molecular formula is C15H24N2O. The van der Waals surface area contributed by atoms with E-state index in [1.165, 1.54) is 0 Å². The highest BCUT2D eigenvalue weighted by Crippen LogP contribution is 2.05. The first-order valence-electron chi connectivity index (χ1n) is 6.76. The molecule has 0 spiro atoms. The summed E-state index contributed by atoms with van der Waals surface area (Å²) in [6.45, 7) is 8.81. The number of hydrogen-bond acceptors (Lipinski definition) is 3. The van der Waals surface area contributed by atoms with Gasteiger partial charge >= 0.3 is 0 Å². The third-order valence-electron chi connectivity index (χ3n) is 3.03. The summed E-state index contributed by atoms with van der Waals surface area (Å²) in [5.74, 6) is 0.290. The molecule has 0 aromatic carbocycles. The van der Waals surface area contributed by atoms with Gasteiger partial charge in [-0.15, -0.1) is 0 Å². The Bertz CT molecular complexity index is 377. The van der Waals surface area contributed by atoms with E-state index >= 15 is 0 Å². The zero-order valence-corrected chi connectivity index (χ0v) is 11.8. The van der Waals surface area contributed by atoms with Crippen LogP contribution in [-0.2, 0) is 11.3 Å². The lowest BCUT2D eigenvalue weighted by molar-refractivity contribution is -0.117. The number of Topliss-reactive ketones (excluding diaryl/α,β-unsaturated/α-hetero) is 1. The van der Waals surface area contributed by atoms with Crippen LogP contribution in [-0.4, -0.2) is 28.8 Å². The molecule has 1 aromatic rings. The Morgan fingerprint density at radius 2 is 2.11 bits per heavy atom. The second kappa shape index (κ2) is 7.98. The van der Waals surface area contributed by atoms with Gasteiger partial charge in [-0.05, 0) is 51.9 Å². The van der Waals surface area contributed by atoms with Crippen molar-refractivity contribution in [2.75, 3.05) is 13.1 Å². The smallest absolute Gasteiger partial charge is 0.129 e. The van der Waals surface area contributed by atoms with Crippen molar-refractivity contribution in [2.24, 2.45) is 0 Å². The minimum atomic E-state index is 0.290. The molecule has 0 fully saturated rings. The Balaban J connectivity index is 2.35. The van der Waals surface area contributed by atoms with Crippen molar-refractivity contribution in [1.29, 1.82) is 0 Å². The van der Waals surface area contributed by atoms with Crippen molar-refractivity contribution in [3.05, 3.63) is 29.6 Å². The molecule has 1 aromatic heterocycles. The van der Waals surface area contributed by atoms with Gasteiger partial charge in [0, 0.05) is 18.7 Å². The molecule has 0 saturated carbocycles. The fourth-order valence-corrected chi connectivity index (χ4v) is 1.97. The summed E-state index contributed by atoms with van der Waals surface area (Å²) >= 11 is 0. The maximum Gasteiger partial charge on any atom is 0.129 e. The molecule has 0 radical (unpaired) electrons. The van der Waals surface area contributed by atoms with Crippen molar-refractivity contribution in [1.82, 2.24) is 9.88 Å². The summed E-state index contributed by atoms with van der Waals surface area (Å²) in [4.78, 5) is 17.8. The van der Waals surface area contributed by atoms with Crippen LogP contribution in [0.4, 0.5) is 0 Å². The molecule has 0 unspecified atom stereocenters. The molecule has 0 aliphatic carbocycles. The number of unbranched alkanes of at least 4 members (excludes halogenated alkanes) is 1. The highest BCUT2D eigenvalue weighted by atomic mass is 16.1. The Labute approximate surface area is 110 Å². The summed E-state index contributed by atoms with van der Waals surface area (Å²) in [7, 11) is 0. The van der Waals surface area contributed by atoms with Crippen molar-refractivity contribution in [3.63, 3.8) is 0 Å². The van der Waals surface area contributed by atoms with Crippen LogP contribution in [0.25, 0.3) is 0 Å². The Kier molecular flexibility index (Phi) is 6.58. The molecule has 0 aliphatic rings. The van der Waals surface area contributed by atoms with Crippen LogP contribution in [0.3, 0.4) is 0 Å². The number of rotatable bonds is 8. The molecule has 0 N–H and O–H groups in total. The average molecular weight is 248 g/mol. The Morgan fingerprint density at radius 3 is 2.72 bits per heavy atom. The standard InChI is InChI=1S/C15H24N2O/c1-4-17(11-6-5-9-14(3)18)12-15-10-7-8-13(2)16-15/h7-8,10H,4-6,9,11-12H2,1-3H3. The minimum Gasteiger partial charge on any atom is -0.300 e. The fourth-order valence-electron chi connectivity index (χ4n) is 1.97. The average Bonchev–Trinajstić information content (AvgIpc) is 2.33. The van der Waals surface area contributed by atoms with Crippen LogP contribution in [0.5, 0.6) is 0 Å². The van der Waals surface area contributed by atoms with Crippen LogP contribution in [0.1, 0.15) is 44.5 Å². The van der Waals surface area contributed by atoms with Gasteiger partial charge in [-0.3, -0.25) is 9.88 Å². The second-order valence-electron chi connectivity index (χ2n) is 4.80. The van der Waals surface area contributed by atoms with E-state index in [0.717, 1.165) is 43.9 Å². The molecule has 100 valence electrons. The van der Waals surface area contributed by atoms with Crippen LogP contribution >= 0.6 is 0 Å². The monoisotopic (exact) mass is 248 g/mol. The van der Waals surface area contributed by atoms with Gasteiger partial charge in [-0.2, -0.15) is 0 Å². The molecule has 1 heterocycles. The van der Waals surface area contributed by atoms with Gasteiger partial charge in [0.15, 0.2) is 0 Å². The SMILES string of the molecule is CCN(CCCCC(C)=O)Cc1cccc(C)n1. The number of pyridine rings is 1. The summed E-state index contributed by atoms with van der Waals surface area (Å²) in [5, 5.41) is 0. The van der Waals surface area contributed by atoms with Crippen LogP contribution in [0.2, 0.25) is 0 Å². The van der Waals surface area contributed by atoms with Gasteiger partial charge in [0.05, 0.1) is 5.69 Å². The quantitative estimate of drug-likeness (QED) is 0.663. The third kappa shape index (κ3) is 5.92. The van der Waals surface area contributed by atoms with Crippen molar-refractivity contribution in [3.8, 4) is 0 Å². The van der Waals surface area contributed by atoms with Crippen LogP contribution < -0.4 is 0 Å². The molecule has 0 saturated heterocycles. The van der Waals surface area contributed by atoms with E-state index in [2.05, 4.69) is 28.9 Å². The maximum atomic E-state index is 10.9. The molecular weight excluding hydrogens is 224 g/mol. The molecule has 1 rings (SSSR count). The lowest BCUT2D eigenvalue weighted by Crippen LogP contribution is -2.24. The number of nitrogens with zero attached hydrogens (tertiary/aromatic N) is 2. The highest BCUT2D eigenvalue weighted by molar-refractivity contribution is 5.75. The number of aromatic nitrogens is 1. The van der Waals surface area contributed by atoms with Gasteiger partial charge in [0.25, 0.3) is 0 Å². The largest absolute Gasteiger partial charge is 0.300 e. The van der Waals surface area contributed by atoms with E-state index in [4.69, 9.17) is 0 Å². The minimum absolute atomic E-state index is 0.290. The van der Waals surface area contributed by atoms with E-state index in [1.54, 1.807) is 6.92 Å². The number of ketones is 1. The van der Waals surface area contributed by atoms with E-state index in [1.807, 2.05) is 13.0 Å². The zero-order valence-electron chi connectivity index (χ0n) is 11.8. The van der Waals surface area contributed by atoms with E-state index < -0.39 is 0 Å². The van der Waals surface area contributed by atoms with Crippen LogP contribution in [0.15, 0.2) is 18.2 Å². The number of carbonyl (C=O) groups excluding carboxylic acids is 1. The van der Waals surface area contributed by atoms with Gasteiger partial charge in [0.1, 0.15) is 5.78 Å². The Hall–Kier alpha value is -1.22. The summed E-state index contributed by atoms with van der Waals surface area (Å²) in [6.07, 6.45) is 2.78. The third-order valence-corrected chi connectivity index (χ3v) is 3.03.